The summed E-state index contributed by atoms with van der Waals surface area (Å²) in [5.74, 6) is 0.742. The van der Waals surface area contributed by atoms with Crippen LogP contribution in [0.15, 0.2) is 24.3 Å². The van der Waals surface area contributed by atoms with Gasteiger partial charge in [-0.1, -0.05) is 6.07 Å². The predicted molar refractivity (Wildman–Crippen MR) is 62.5 cm³/mol. The molecule has 86 valence electrons. The van der Waals surface area contributed by atoms with E-state index in [1.165, 1.54) is 0 Å². The van der Waals surface area contributed by atoms with E-state index in [1.807, 2.05) is 6.07 Å². The van der Waals surface area contributed by atoms with Crippen LogP contribution in [0.1, 0.15) is 6.42 Å². The summed E-state index contributed by atoms with van der Waals surface area (Å²) in [5, 5.41) is 12.5. The lowest BCUT2D eigenvalue weighted by atomic mass is 9.99. The molecule has 1 heterocycles. The quantitative estimate of drug-likeness (QED) is 0.798. The molecule has 0 aromatic heterocycles. The first-order valence-corrected chi connectivity index (χ1v) is 5.43. The van der Waals surface area contributed by atoms with Crippen molar-refractivity contribution in [3.8, 4) is 5.75 Å². The maximum absolute atomic E-state index is 11.9. The first-order chi connectivity index (χ1) is 7.66. The molecule has 16 heavy (non-hydrogen) atoms. The fourth-order valence-electron chi connectivity index (χ4n) is 1.72. The third kappa shape index (κ3) is 2.33. The second-order valence-corrected chi connectivity index (χ2v) is 4.20. The maximum Gasteiger partial charge on any atom is 0.227 e. The van der Waals surface area contributed by atoms with E-state index in [2.05, 4.69) is 5.32 Å². The number of carbonyl (C=O) groups excluding carboxylic acids is 1. The Kier molecular flexibility index (Phi) is 3.10. The normalized spacial score (nSPS) is 15.6. The molecule has 0 aliphatic carbocycles. The van der Waals surface area contributed by atoms with Crippen LogP contribution in [0.2, 0.25) is 0 Å². The standard InChI is InChI=1S/C12H16N2O2/c1-14(10-3-2-4-11(15)6-10)12(16)5-9-7-13-8-9/h2-4,6,9,13,15H,5,7-8H2,1H3. The number of rotatable bonds is 3. The number of phenolic OH excluding ortho intramolecular Hbond substituents is 1. The summed E-state index contributed by atoms with van der Waals surface area (Å²) in [6.07, 6.45) is 0.569. The van der Waals surface area contributed by atoms with Crippen molar-refractivity contribution in [3.63, 3.8) is 0 Å². The topological polar surface area (TPSA) is 52.6 Å². The molecule has 2 rings (SSSR count). The van der Waals surface area contributed by atoms with Gasteiger partial charge >= 0.3 is 0 Å². The SMILES string of the molecule is CN(C(=O)CC1CNC1)c1cccc(O)c1. The van der Waals surface area contributed by atoms with Gasteiger partial charge in [0.1, 0.15) is 5.75 Å². The Morgan fingerprint density at radius 1 is 1.56 bits per heavy atom. The molecule has 0 bridgehead atoms. The fourth-order valence-corrected chi connectivity index (χ4v) is 1.72. The van der Waals surface area contributed by atoms with Gasteiger partial charge in [0.25, 0.3) is 0 Å². The largest absolute Gasteiger partial charge is 0.508 e. The summed E-state index contributed by atoms with van der Waals surface area (Å²) in [4.78, 5) is 13.5. The van der Waals surface area contributed by atoms with Crippen LogP contribution in [0, 0.1) is 5.92 Å². The zero-order valence-corrected chi connectivity index (χ0v) is 9.31. The minimum absolute atomic E-state index is 0.0945. The number of hydrogen-bond donors (Lipinski definition) is 2. The molecule has 1 aliphatic heterocycles. The molecule has 1 amide bonds. The lowest BCUT2D eigenvalue weighted by Crippen LogP contribution is -2.44. The second-order valence-electron chi connectivity index (χ2n) is 4.20. The van der Waals surface area contributed by atoms with Crippen molar-refractivity contribution >= 4 is 11.6 Å². The number of aromatic hydroxyl groups is 1. The molecule has 0 unspecified atom stereocenters. The maximum atomic E-state index is 11.9. The Hall–Kier alpha value is -1.55. The smallest absolute Gasteiger partial charge is 0.227 e. The monoisotopic (exact) mass is 220 g/mol. The average molecular weight is 220 g/mol. The van der Waals surface area contributed by atoms with E-state index >= 15 is 0 Å². The Morgan fingerprint density at radius 2 is 2.31 bits per heavy atom. The van der Waals surface area contributed by atoms with Gasteiger partial charge < -0.3 is 15.3 Å². The lowest BCUT2D eigenvalue weighted by Gasteiger charge is -2.28. The zero-order chi connectivity index (χ0) is 11.5. The van der Waals surface area contributed by atoms with E-state index < -0.39 is 0 Å². The molecule has 1 aromatic carbocycles. The minimum Gasteiger partial charge on any atom is -0.508 e. The van der Waals surface area contributed by atoms with Gasteiger partial charge in [-0.25, -0.2) is 0 Å². The van der Waals surface area contributed by atoms with Gasteiger partial charge in [0, 0.05) is 25.2 Å². The number of anilines is 1. The fraction of sp³-hybridized carbons (Fsp3) is 0.417. The van der Waals surface area contributed by atoms with Crippen LogP contribution in [-0.2, 0) is 4.79 Å². The number of hydrogen-bond acceptors (Lipinski definition) is 3. The van der Waals surface area contributed by atoms with Crippen molar-refractivity contribution in [1.82, 2.24) is 5.32 Å². The van der Waals surface area contributed by atoms with Crippen molar-refractivity contribution in [3.05, 3.63) is 24.3 Å². The Labute approximate surface area is 94.9 Å². The number of carbonyl (C=O) groups is 1. The first-order valence-electron chi connectivity index (χ1n) is 5.43. The molecule has 2 N–H and O–H groups in total. The van der Waals surface area contributed by atoms with Gasteiger partial charge in [0.2, 0.25) is 5.91 Å². The number of benzene rings is 1. The highest BCUT2D eigenvalue weighted by Crippen LogP contribution is 2.20. The molecular weight excluding hydrogens is 204 g/mol. The van der Waals surface area contributed by atoms with Crippen molar-refractivity contribution in [2.75, 3.05) is 25.0 Å². The van der Waals surface area contributed by atoms with Crippen LogP contribution < -0.4 is 10.2 Å². The van der Waals surface area contributed by atoms with Crippen molar-refractivity contribution in [2.45, 2.75) is 6.42 Å². The Bertz CT molecular complexity index is 388. The summed E-state index contributed by atoms with van der Waals surface area (Å²) in [6, 6.07) is 6.74. The van der Waals surface area contributed by atoms with Crippen LogP contribution in [0.5, 0.6) is 5.75 Å². The average Bonchev–Trinajstić information content (AvgIpc) is 2.22. The summed E-state index contributed by atoms with van der Waals surface area (Å²) in [7, 11) is 1.74. The molecule has 0 atom stereocenters. The molecular formula is C12H16N2O2. The predicted octanol–water partition coefficient (Wildman–Crippen LogP) is 0.964. The van der Waals surface area contributed by atoms with Gasteiger partial charge in [-0.2, -0.15) is 0 Å². The molecule has 4 heteroatoms. The third-order valence-corrected chi connectivity index (χ3v) is 2.92. The highest BCUT2D eigenvalue weighted by Gasteiger charge is 2.22. The first kappa shape index (κ1) is 11.0. The van der Waals surface area contributed by atoms with Gasteiger partial charge in [-0.15, -0.1) is 0 Å². The number of phenols is 1. The molecule has 1 aromatic rings. The van der Waals surface area contributed by atoms with E-state index in [1.54, 1.807) is 30.1 Å². The number of amides is 1. The third-order valence-electron chi connectivity index (χ3n) is 2.92. The molecule has 0 saturated carbocycles. The van der Waals surface area contributed by atoms with E-state index in [0.717, 1.165) is 18.8 Å². The van der Waals surface area contributed by atoms with E-state index in [9.17, 15) is 9.90 Å². The molecule has 0 radical (unpaired) electrons. The molecule has 1 saturated heterocycles. The minimum atomic E-state index is 0.0945. The summed E-state index contributed by atoms with van der Waals surface area (Å²) >= 11 is 0. The van der Waals surface area contributed by atoms with Crippen LogP contribution in [0.25, 0.3) is 0 Å². The lowest BCUT2D eigenvalue weighted by molar-refractivity contribution is -0.119. The van der Waals surface area contributed by atoms with E-state index in [4.69, 9.17) is 0 Å². The molecule has 4 nitrogen and oxygen atoms in total. The van der Waals surface area contributed by atoms with Gasteiger partial charge in [-0.05, 0) is 31.1 Å². The van der Waals surface area contributed by atoms with E-state index in [-0.39, 0.29) is 11.7 Å². The highest BCUT2D eigenvalue weighted by atomic mass is 16.3. The second kappa shape index (κ2) is 4.53. The van der Waals surface area contributed by atoms with Crippen molar-refractivity contribution < 1.29 is 9.90 Å². The van der Waals surface area contributed by atoms with Crippen LogP contribution >= 0.6 is 0 Å². The molecule has 0 spiro atoms. The molecule has 1 aliphatic rings. The van der Waals surface area contributed by atoms with Crippen LogP contribution in [0.4, 0.5) is 5.69 Å². The van der Waals surface area contributed by atoms with Gasteiger partial charge in [-0.3, -0.25) is 4.79 Å². The number of nitrogens with zero attached hydrogens (tertiary/aromatic N) is 1. The van der Waals surface area contributed by atoms with Crippen LogP contribution in [0.3, 0.4) is 0 Å². The van der Waals surface area contributed by atoms with Gasteiger partial charge in [0.05, 0.1) is 0 Å². The molecule has 1 fully saturated rings. The Morgan fingerprint density at radius 3 is 2.88 bits per heavy atom. The summed E-state index contributed by atoms with van der Waals surface area (Å²) in [6.45, 7) is 1.86. The number of nitrogens with one attached hydrogen (secondary N) is 1. The van der Waals surface area contributed by atoms with Crippen molar-refractivity contribution in [2.24, 2.45) is 5.92 Å². The highest BCUT2D eigenvalue weighted by molar-refractivity contribution is 5.93. The summed E-state index contributed by atoms with van der Waals surface area (Å²) < 4.78 is 0. The van der Waals surface area contributed by atoms with Gasteiger partial charge in [0.15, 0.2) is 0 Å². The van der Waals surface area contributed by atoms with E-state index in [0.29, 0.717) is 12.3 Å². The van der Waals surface area contributed by atoms with Crippen molar-refractivity contribution in [1.29, 1.82) is 0 Å². The van der Waals surface area contributed by atoms with Crippen LogP contribution in [-0.4, -0.2) is 31.2 Å². The zero-order valence-electron chi connectivity index (χ0n) is 9.31. The summed E-state index contributed by atoms with van der Waals surface area (Å²) in [5.41, 5.74) is 0.734. The Balaban J connectivity index is 2.00.